The number of halogens is 2. The molecule has 0 bridgehead atoms. The zero-order chi connectivity index (χ0) is 13.4. The third-order valence-corrected chi connectivity index (χ3v) is 3.92. The van der Waals surface area contributed by atoms with Crippen molar-refractivity contribution in [3.63, 3.8) is 0 Å². The number of aromatic nitrogens is 1. The van der Waals surface area contributed by atoms with Crippen LogP contribution in [0, 0.1) is 5.82 Å². The molecule has 1 aromatic heterocycles. The molecule has 0 fully saturated rings. The maximum absolute atomic E-state index is 12.8. The first-order valence-corrected chi connectivity index (χ1v) is 6.69. The van der Waals surface area contributed by atoms with Crippen LogP contribution in [0.15, 0.2) is 42.5 Å². The highest BCUT2D eigenvalue weighted by Gasteiger charge is 2.14. The Morgan fingerprint density at radius 3 is 2.63 bits per heavy atom. The van der Waals surface area contributed by atoms with Crippen molar-refractivity contribution in [2.75, 3.05) is 0 Å². The lowest BCUT2D eigenvalue weighted by Crippen LogP contribution is -2.00. The molecule has 0 aliphatic carbocycles. The largest absolute Gasteiger partial charge is 0.286 e. The van der Waals surface area contributed by atoms with E-state index in [1.165, 1.54) is 35.6 Å². The van der Waals surface area contributed by atoms with E-state index in [-0.39, 0.29) is 11.6 Å². The molecule has 3 aromatic rings. The summed E-state index contributed by atoms with van der Waals surface area (Å²) in [5.74, 6) is -0.579. The van der Waals surface area contributed by atoms with Crippen molar-refractivity contribution in [2.45, 2.75) is 0 Å². The van der Waals surface area contributed by atoms with Crippen LogP contribution in [0.2, 0.25) is 5.02 Å². The summed E-state index contributed by atoms with van der Waals surface area (Å²) in [6, 6.07) is 10.7. The van der Waals surface area contributed by atoms with E-state index < -0.39 is 0 Å². The van der Waals surface area contributed by atoms with Gasteiger partial charge in [-0.3, -0.25) is 4.79 Å². The van der Waals surface area contributed by atoms with Crippen LogP contribution in [-0.2, 0) is 0 Å². The van der Waals surface area contributed by atoms with Crippen molar-refractivity contribution in [1.82, 2.24) is 4.98 Å². The predicted molar refractivity (Wildman–Crippen MR) is 74.5 cm³/mol. The van der Waals surface area contributed by atoms with Gasteiger partial charge in [0.25, 0.3) is 0 Å². The standard InChI is InChI=1S/C14H7ClFNOS/c15-9-3-6-12-11(7-9)17-14(19-12)13(18)8-1-4-10(16)5-2-8/h1-7H. The van der Waals surface area contributed by atoms with Gasteiger partial charge in [-0.15, -0.1) is 11.3 Å². The first kappa shape index (κ1) is 12.3. The number of carbonyl (C=O) groups excluding carboxylic acids is 1. The number of fused-ring (bicyclic) bond motifs is 1. The molecule has 0 saturated carbocycles. The topological polar surface area (TPSA) is 30.0 Å². The van der Waals surface area contributed by atoms with Crippen molar-refractivity contribution >= 4 is 38.9 Å². The van der Waals surface area contributed by atoms with E-state index in [4.69, 9.17) is 11.6 Å². The number of rotatable bonds is 2. The highest BCUT2D eigenvalue weighted by Crippen LogP contribution is 2.26. The van der Waals surface area contributed by atoms with E-state index in [0.717, 1.165) is 4.70 Å². The molecule has 0 aliphatic rings. The summed E-state index contributed by atoms with van der Waals surface area (Å²) >= 11 is 7.18. The van der Waals surface area contributed by atoms with Gasteiger partial charge in [0.2, 0.25) is 5.78 Å². The third kappa shape index (κ3) is 2.37. The van der Waals surface area contributed by atoms with Crippen molar-refractivity contribution in [2.24, 2.45) is 0 Å². The Hall–Kier alpha value is -1.78. The van der Waals surface area contributed by atoms with E-state index in [9.17, 15) is 9.18 Å². The summed E-state index contributed by atoms with van der Waals surface area (Å²) in [7, 11) is 0. The normalized spacial score (nSPS) is 10.8. The summed E-state index contributed by atoms with van der Waals surface area (Å²) in [5.41, 5.74) is 1.12. The molecule has 0 amide bonds. The van der Waals surface area contributed by atoms with E-state index in [0.29, 0.717) is 21.1 Å². The second-order valence-corrected chi connectivity index (χ2v) is 5.43. The van der Waals surface area contributed by atoms with Crippen molar-refractivity contribution in [1.29, 1.82) is 0 Å². The number of ketones is 1. The second kappa shape index (κ2) is 4.72. The Balaban J connectivity index is 2.04. The molecule has 0 atom stereocenters. The number of hydrogen-bond acceptors (Lipinski definition) is 3. The van der Waals surface area contributed by atoms with Crippen LogP contribution < -0.4 is 0 Å². The molecular formula is C14H7ClFNOS. The lowest BCUT2D eigenvalue weighted by atomic mass is 10.1. The first-order valence-electron chi connectivity index (χ1n) is 5.50. The number of carbonyl (C=O) groups is 1. The molecule has 1 heterocycles. The van der Waals surface area contributed by atoms with Gasteiger partial charge < -0.3 is 0 Å². The van der Waals surface area contributed by atoms with Gasteiger partial charge in [0, 0.05) is 10.6 Å². The fraction of sp³-hybridized carbons (Fsp3) is 0. The monoisotopic (exact) mass is 291 g/mol. The molecule has 0 radical (unpaired) electrons. The third-order valence-electron chi connectivity index (χ3n) is 2.65. The molecule has 0 N–H and O–H groups in total. The Morgan fingerprint density at radius 2 is 1.89 bits per heavy atom. The minimum Gasteiger partial charge on any atom is -0.286 e. The zero-order valence-electron chi connectivity index (χ0n) is 9.56. The van der Waals surface area contributed by atoms with Gasteiger partial charge >= 0.3 is 0 Å². The minimum absolute atomic E-state index is 0.211. The van der Waals surface area contributed by atoms with Crippen LogP contribution in [0.1, 0.15) is 15.4 Å². The van der Waals surface area contributed by atoms with Crippen LogP contribution in [0.25, 0.3) is 10.2 Å². The molecule has 2 nitrogen and oxygen atoms in total. The predicted octanol–water partition coefficient (Wildman–Crippen LogP) is 4.32. The average Bonchev–Trinajstić information content (AvgIpc) is 2.81. The van der Waals surface area contributed by atoms with Crippen LogP contribution >= 0.6 is 22.9 Å². The minimum atomic E-state index is -0.368. The molecule has 0 unspecified atom stereocenters. The number of benzene rings is 2. The van der Waals surface area contributed by atoms with Gasteiger partial charge in [0.15, 0.2) is 5.01 Å². The second-order valence-electron chi connectivity index (χ2n) is 3.97. The van der Waals surface area contributed by atoms with Gasteiger partial charge in [0.05, 0.1) is 10.2 Å². The smallest absolute Gasteiger partial charge is 0.221 e. The molecule has 0 spiro atoms. The SMILES string of the molecule is O=C(c1ccc(F)cc1)c1nc2cc(Cl)ccc2s1. The Kier molecular flexibility index (Phi) is 3.05. The van der Waals surface area contributed by atoms with Crippen LogP contribution in [-0.4, -0.2) is 10.8 Å². The maximum atomic E-state index is 12.8. The van der Waals surface area contributed by atoms with Gasteiger partial charge in [-0.05, 0) is 42.5 Å². The quantitative estimate of drug-likeness (QED) is 0.658. The number of hydrogen-bond donors (Lipinski definition) is 0. The van der Waals surface area contributed by atoms with E-state index >= 15 is 0 Å². The summed E-state index contributed by atoms with van der Waals surface area (Å²) in [6.45, 7) is 0. The van der Waals surface area contributed by atoms with E-state index in [2.05, 4.69) is 4.98 Å². The van der Waals surface area contributed by atoms with E-state index in [1.807, 2.05) is 6.07 Å². The van der Waals surface area contributed by atoms with Crippen molar-refractivity contribution in [3.8, 4) is 0 Å². The lowest BCUT2D eigenvalue weighted by Gasteiger charge is -1.96. The average molecular weight is 292 g/mol. The highest BCUT2D eigenvalue weighted by atomic mass is 35.5. The summed E-state index contributed by atoms with van der Waals surface area (Å²) in [5, 5.41) is 0.961. The van der Waals surface area contributed by atoms with Crippen LogP contribution in [0.4, 0.5) is 4.39 Å². The summed E-state index contributed by atoms with van der Waals surface area (Å²) in [4.78, 5) is 16.5. The fourth-order valence-corrected chi connectivity index (χ4v) is 2.80. The van der Waals surface area contributed by atoms with Crippen molar-refractivity contribution < 1.29 is 9.18 Å². The Morgan fingerprint density at radius 1 is 1.16 bits per heavy atom. The molecule has 5 heteroatoms. The van der Waals surface area contributed by atoms with Crippen LogP contribution in [0.3, 0.4) is 0 Å². The molecule has 2 aromatic carbocycles. The molecule has 94 valence electrons. The van der Waals surface area contributed by atoms with Crippen molar-refractivity contribution in [3.05, 3.63) is 63.9 Å². The summed E-state index contributed by atoms with van der Waals surface area (Å²) in [6.07, 6.45) is 0. The van der Waals surface area contributed by atoms with Crippen LogP contribution in [0.5, 0.6) is 0 Å². The van der Waals surface area contributed by atoms with Gasteiger partial charge in [-0.2, -0.15) is 0 Å². The molecule has 19 heavy (non-hydrogen) atoms. The number of thiazole rings is 1. The first-order chi connectivity index (χ1) is 9.13. The zero-order valence-corrected chi connectivity index (χ0v) is 11.1. The van der Waals surface area contributed by atoms with E-state index in [1.54, 1.807) is 12.1 Å². The fourth-order valence-electron chi connectivity index (χ4n) is 1.72. The Bertz CT molecular complexity index is 767. The molecule has 0 saturated heterocycles. The summed E-state index contributed by atoms with van der Waals surface area (Å²) < 4.78 is 13.7. The highest BCUT2D eigenvalue weighted by molar-refractivity contribution is 7.20. The Labute approximate surface area is 117 Å². The van der Waals surface area contributed by atoms with Gasteiger partial charge in [-0.25, -0.2) is 9.37 Å². The number of nitrogens with zero attached hydrogens (tertiary/aromatic N) is 1. The molecule has 0 aliphatic heterocycles. The van der Waals surface area contributed by atoms with Gasteiger partial charge in [-0.1, -0.05) is 11.6 Å². The molecular weight excluding hydrogens is 285 g/mol. The molecule has 3 rings (SSSR count). The van der Waals surface area contributed by atoms with Gasteiger partial charge in [0.1, 0.15) is 5.82 Å². The maximum Gasteiger partial charge on any atom is 0.221 e. The lowest BCUT2D eigenvalue weighted by molar-refractivity contribution is 0.103.